The van der Waals surface area contributed by atoms with E-state index in [2.05, 4.69) is 0 Å². The third kappa shape index (κ3) is 2.97. The molecule has 122 valence electrons. The Bertz CT molecular complexity index is 887. The van der Waals surface area contributed by atoms with Gasteiger partial charge in [0.2, 0.25) is 0 Å². The molecule has 0 spiro atoms. The Kier molecular flexibility index (Phi) is 4.47. The number of carbonyl (C=O) groups excluding carboxylic acids is 1. The van der Waals surface area contributed by atoms with E-state index in [1.807, 2.05) is 63.2 Å². The van der Waals surface area contributed by atoms with Crippen LogP contribution >= 0.6 is 24.0 Å². The molecular formula is C19H18N2OS2. The summed E-state index contributed by atoms with van der Waals surface area (Å²) in [5.41, 5.74) is 11.4. The number of anilines is 2. The van der Waals surface area contributed by atoms with Gasteiger partial charge in [0.15, 0.2) is 4.32 Å². The lowest BCUT2D eigenvalue weighted by Crippen LogP contribution is -2.28. The largest absolute Gasteiger partial charge is 0.399 e. The van der Waals surface area contributed by atoms with E-state index in [1.165, 1.54) is 11.8 Å². The Morgan fingerprint density at radius 3 is 2.62 bits per heavy atom. The number of aryl methyl sites for hydroxylation is 2. The Morgan fingerprint density at radius 1 is 1.17 bits per heavy atom. The smallest absolute Gasteiger partial charge is 0.271 e. The van der Waals surface area contributed by atoms with Crippen molar-refractivity contribution >= 4 is 51.2 Å². The number of hydrogen-bond acceptors (Lipinski definition) is 4. The second-order valence-corrected chi connectivity index (χ2v) is 7.52. The van der Waals surface area contributed by atoms with Crippen LogP contribution in [0.4, 0.5) is 11.4 Å². The van der Waals surface area contributed by atoms with Crippen molar-refractivity contribution < 1.29 is 4.79 Å². The normalized spacial score (nSPS) is 16.7. The van der Waals surface area contributed by atoms with Gasteiger partial charge in [-0.15, -0.1) is 0 Å². The molecule has 0 bridgehead atoms. The van der Waals surface area contributed by atoms with Gasteiger partial charge in [0, 0.05) is 5.69 Å². The van der Waals surface area contributed by atoms with E-state index in [0.717, 1.165) is 28.0 Å². The van der Waals surface area contributed by atoms with Gasteiger partial charge in [-0.25, -0.2) is 0 Å². The zero-order valence-electron chi connectivity index (χ0n) is 13.8. The molecule has 1 amide bonds. The van der Waals surface area contributed by atoms with Crippen molar-refractivity contribution in [2.75, 3.05) is 10.6 Å². The number of nitrogen functional groups attached to an aromatic ring is 1. The highest BCUT2D eigenvalue weighted by molar-refractivity contribution is 8.27. The molecule has 0 aromatic heterocycles. The monoisotopic (exact) mass is 354 g/mol. The number of thioether (sulfide) groups is 1. The molecule has 24 heavy (non-hydrogen) atoms. The van der Waals surface area contributed by atoms with Crippen molar-refractivity contribution in [2.45, 2.75) is 20.8 Å². The molecule has 5 heteroatoms. The maximum absolute atomic E-state index is 13.0. The number of nitrogens with zero attached hydrogens (tertiary/aromatic N) is 1. The number of nitrogens with two attached hydrogens (primary N) is 1. The van der Waals surface area contributed by atoms with Gasteiger partial charge < -0.3 is 5.73 Å². The molecule has 1 aliphatic heterocycles. The van der Waals surface area contributed by atoms with Crippen molar-refractivity contribution in [2.24, 2.45) is 0 Å². The van der Waals surface area contributed by atoms with Crippen LogP contribution in [0.5, 0.6) is 0 Å². The van der Waals surface area contributed by atoms with Crippen LogP contribution < -0.4 is 10.6 Å². The maximum Gasteiger partial charge on any atom is 0.271 e. The van der Waals surface area contributed by atoms with Crippen LogP contribution in [0.2, 0.25) is 0 Å². The van der Waals surface area contributed by atoms with Gasteiger partial charge in [0.05, 0.1) is 10.6 Å². The predicted molar refractivity (Wildman–Crippen MR) is 107 cm³/mol. The van der Waals surface area contributed by atoms with Crippen LogP contribution in [0.25, 0.3) is 5.57 Å². The lowest BCUT2D eigenvalue weighted by atomic mass is 10.1. The number of hydrogen-bond donors (Lipinski definition) is 1. The summed E-state index contributed by atoms with van der Waals surface area (Å²) < 4.78 is 0.562. The third-order valence-electron chi connectivity index (χ3n) is 4.04. The van der Waals surface area contributed by atoms with Crippen molar-refractivity contribution in [1.29, 1.82) is 0 Å². The Labute approximate surface area is 151 Å². The molecule has 0 unspecified atom stereocenters. The first-order valence-corrected chi connectivity index (χ1v) is 8.81. The van der Waals surface area contributed by atoms with Crippen LogP contribution in [0, 0.1) is 13.8 Å². The summed E-state index contributed by atoms with van der Waals surface area (Å²) in [5, 5.41) is 0. The molecule has 1 fully saturated rings. The van der Waals surface area contributed by atoms with Crippen molar-refractivity contribution in [3.8, 4) is 0 Å². The first kappa shape index (κ1) is 16.7. The lowest BCUT2D eigenvalue weighted by Gasteiger charge is -2.18. The Morgan fingerprint density at radius 2 is 1.92 bits per heavy atom. The molecule has 2 N–H and O–H groups in total. The summed E-state index contributed by atoms with van der Waals surface area (Å²) in [6.07, 6.45) is 0. The second kappa shape index (κ2) is 6.42. The van der Waals surface area contributed by atoms with E-state index in [0.29, 0.717) is 14.9 Å². The summed E-state index contributed by atoms with van der Waals surface area (Å²) in [6, 6.07) is 13.6. The van der Waals surface area contributed by atoms with Gasteiger partial charge >= 0.3 is 0 Å². The Balaban J connectivity index is 2.06. The standard InChI is InChI=1S/C19H18N2OS2/c1-11-7-8-12(2)16(9-11)21-18(22)17(24-19(21)23)13(3)14-5-4-6-15(20)10-14/h4-10H,20H2,1-3H3/b17-13-. The van der Waals surface area contributed by atoms with Crippen LogP contribution in [0.3, 0.4) is 0 Å². The van der Waals surface area contributed by atoms with E-state index >= 15 is 0 Å². The van der Waals surface area contributed by atoms with E-state index in [4.69, 9.17) is 18.0 Å². The molecule has 3 nitrogen and oxygen atoms in total. The van der Waals surface area contributed by atoms with Gasteiger partial charge in [-0.3, -0.25) is 9.69 Å². The molecule has 2 aromatic carbocycles. The second-order valence-electron chi connectivity index (χ2n) is 5.88. The zero-order chi connectivity index (χ0) is 17.4. The first-order chi connectivity index (χ1) is 11.4. The van der Waals surface area contributed by atoms with Crippen LogP contribution in [0.1, 0.15) is 23.6 Å². The fraction of sp³-hybridized carbons (Fsp3) is 0.158. The number of rotatable bonds is 2. The average molecular weight is 355 g/mol. The summed E-state index contributed by atoms with van der Waals surface area (Å²) in [7, 11) is 0. The molecule has 0 saturated carbocycles. The first-order valence-electron chi connectivity index (χ1n) is 7.59. The fourth-order valence-electron chi connectivity index (χ4n) is 2.67. The van der Waals surface area contributed by atoms with Crippen molar-refractivity contribution in [1.82, 2.24) is 0 Å². The van der Waals surface area contributed by atoms with Crippen molar-refractivity contribution in [3.05, 3.63) is 64.1 Å². The minimum absolute atomic E-state index is 0.0707. The zero-order valence-corrected chi connectivity index (χ0v) is 15.4. The number of carbonyl (C=O) groups is 1. The molecule has 0 radical (unpaired) electrons. The summed E-state index contributed by atoms with van der Waals surface area (Å²) in [4.78, 5) is 15.3. The number of amides is 1. The molecule has 0 atom stereocenters. The van der Waals surface area contributed by atoms with Gasteiger partial charge in [-0.05, 0) is 61.2 Å². The van der Waals surface area contributed by atoms with E-state index < -0.39 is 0 Å². The Hall–Kier alpha value is -2.11. The molecule has 1 heterocycles. The SMILES string of the molecule is C/C(=C1/SC(=S)N(c2cc(C)ccc2C)C1=O)c1cccc(N)c1. The highest BCUT2D eigenvalue weighted by Gasteiger charge is 2.35. The fourth-order valence-corrected chi connectivity index (χ4v) is 4.00. The van der Waals surface area contributed by atoms with Crippen LogP contribution in [-0.2, 0) is 4.79 Å². The van der Waals surface area contributed by atoms with Gasteiger partial charge in [-0.1, -0.05) is 48.2 Å². The summed E-state index contributed by atoms with van der Waals surface area (Å²) in [5.74, 6) is -0.0707. The lowest BCUT2D eigenvalue weighted by molar-refractivity contribution is -0.113. The number of thiocarbonyl (C=S) groups is 1. The van der Waals surface area contributed by atoms with Crippen LogP contribution in [-0.4, -0.2) is 10.2 Å². The minimum Gasteiger partial charge on any atom is -0.399 e. The van der Waals surface area contributed by atoms with Gasteiger partial charge in [0.1, 0.15) is 0 Å². The van der Waals surface area contributed by atoms with E-state index in [9.17, 15) is 4.79 Å². The molecule has 2 aromatic rings. The average Bonchev–Trinajstić information content (AvgIpc) is 2.84. The predicted octanol–water partition coefficient (Wildman–Crippen LogP) is 4.68. The highest BCUT2D eigenvalue weighted by Crippen LogP contribution is 2.40. The molecular weight excluding hydrogens is 336 g/mol. The highest BCUT2D eigenvalue weighted by atomic mass is 32.2. The molecule has 3 rings (SSSR count). The quantitative estimate of drug-likeness (QED) is 0.483. The maximum atomic E-state index is 13.0. The summed E-state index contributed by atoms with van der Waals surface area (Å²) in [6.45, 7) is 5.93. The van der Waals surface area contributed by atoms with Gasteiger partial charge in [0.25, 0.3) is 5.91 Å². The van der Waals surface area contributed by atoms with Crippen molar-refractivity contribution in [3.63, 3.8) is 0 Å². The van der Waals surface area contributed by atoms with Gasteiger partial charge in [-0.2, -0.15) is 0 Å². The number of allylic oxidation sites excluding steroid dienone is 1. The van der Waals surface area contributed by atoms with E-state index in [-0.39, 0.29) is 5.91 Å². The molecule has 1 saturated heterocycles. The summed E-state index contributed by atoms with van der Waals surface area (Å²) >= 11 is 6.83. The van der Waals surface area contributed by atoms with E-state index in [1.54, 1.807) is 4.90 Å². The minimum atomic E-state index is -0.0707. The topological polar surface area (TPSA) is 46.3 Å². The molecule has 0 aliphatic carbocycles. The molecule has 1 aliphatic rings. The van der Waals surface area contributed by atoms with Crippen LogP contribution in [0.15, 0.2) is 47.4 Å². The number of benzene rings is 2. The third-order valence-corrected chi connectivity index (χ3v) is 5.51.